The minimum absolute atomic E-state index is 0.173. The molecule has 0 radical (unpaired) electrons. The summed E-state index contributed by atoms with van der Waals surface area (Å²) >= 11 is 0. The molecule has 20 heavy (non-hydrogen) atoms. The molecule has 0 aliphatic carbocycles. The maximum atomic E-state index is 9.11. The number of ether oxygens (including phenoxy) is 1. The molecule has 0 bridgehead atoms. The van der Waals surface area contributed by atoms with E-state index in [9.17, 15) is 0 Å². The smallest absolute Gasteiger partial charge is 0.156 e. The molecule has 104 valence electrons. The Kier molecular flexibility index (Phi) is 5.22. The first-order valence-corrected chi connectivity index (χ1v) is 6.69. The standard InChI is InChI=1S/C16H18N2O2/c1-18-10-4-8-16(15-9-5-11-19-15)20-14-7-3-2-6-13(14)12-17/h2-3,5-7,9,11,16,18H,4,8,10H2,1H3. The van der Waals surface area contributed by atoms with Crippen molar-refractivity contribution < 1.29 is 9.15 Å². The van der Waals surface area contributed by atoms with E-state index in [1.165, 1.54) is 0 Å². The summed E-state index contributed by atoms with van der Waals surface area (Å²) in [6.07, 6.45) is 3.26. The number of para-hydroxylation sites is 1. The molecule has 0 saturated carbocycles. The average Bonchev–Trinajstić information content (AvgIpc) is 3.01. The highest BCUT2D eigenvalue weighted by atomic mass is 16.5. The molecule has 0 fully saturated rings. The van der Waals surface area contributed by atoms with Gasteiger partial charge in [0.05, 0.1) is 11.8 Å². The molecule has 0 amide bonds. The van der Waals surface area contributed by atoms with E-state index in [4.69, 9.17) is 14.4 Å². The fourth-order valence-electron chi connectivity index (χ4n) is 2.01. The van der Waals surface area contributed by atoms with Gasteiger partial charge in [0.15, 0.2) is 6.10 Å². The van der Waals surface area contributed by atoms with Crippen molar-refractivity contribution in [3.05, 3.63) is 54.0 Å². The number of hydrogen-bond acceptors (Lipinski definition) is 4. The van der Waals surface area contributed by atoms with Gasteiger partial charge in [-0.05, 0) is 50.7 Å². The van der Waals surface area contributed by atoms with Gasteiger partial charge in [-0.2, -0.15) is 5.26 Å². The van der Waals surface area contributed by atoms with Gasteiger partial charge in [0.2, 0.25) is 0 Å². The molecule has 0 aliphatic heterocycles. The molecule has 0 saturated heterocycles. The van der Waals surface area contributed by atoms with Crippen LogP contribution < -0.4 is 10.1 Å². The number of hydrogen-bond donors (Lipinski definition) is 1. The zero-order valence-corrected chi connectivity index (χ0v) is 11.5. The largest absolute Gasteiger partial charge is 0.481 e. The lowest BCUT2D eigenvalue weighted by Gasteiger charge is -2.18. The van der Waals surface area contributed by atoms with E-state index >= 15 is 0 Å². The van der Waals surface area contributed by atoms with Crippen LogP contribution in [0, 0.1) is 11.3 Å². The second-order valence-electron chi connectivity index (χ2n) is 4.48. The van der Waals surface area contributed by atoms with E-state index < -0.39 is 0 Å². The number of nitrogens with zero attached hydrogens (tertiary/aromatic N) is 1. The molecular weight excluding hydrogens is 252 g/mol. The average molecular weight is 270 g/mol. The predicted molar refractivity (Wildman–Crippen MR) is 76.4 cm³/mol. The van der Waals surface area contributed by atoms with Gasteiger partial charge in [0.25, 0.3) is 0 Å². The zero-order valence-electron chi connectivity index (χ0n) is 11.5. The summed E-state index contributed by atoms with van der Waals surface area (Å²) in [6.45, 7) is 0.917. The van der Waals surface area contributed by atoms with Crippen molar-refractivity contribution in [2.75, 3.05) is 13.6 Å². The van der Waals surface area contributed by atoms with Crippen LogP contribution in [0.3, 0.4) is 0 Å². The van der Waals surface area contributed by atoms with Crippen molar-refractivity contribution in [1.82, 2.24) is 5.32 Å². The van der Waals surface area contributed by atoms with Crippen LogP contribution in [-0.2, 0) is 0 Å². The summed E-state index contributed by atoms with van der Waals surface area (Å²) in [5.74, 6) is 1.38. The molecule has 1 N–H and O–H groups in total. The third-order valence-corrected chi connectivity index (χ3v) is 3.03. The first-order chi connectivity index (χ1) is 9.85. The summed E-state index contributed by atoms with van der Waals surface area (Å²) in [6, 6.07) is 13.2. The summed E-state index contributed by atoms with van der Waals surface area (Å²) in [4.78, 5) is 0. The van der Waals surface area contributed by atoms with Crippen LogP contribution >= 0.6 is 0 Å². The highest BCUT2D eigenvalue weighted by Crippen LogP contribution is 2.28. The van der Waals surface area contributed by atoms with Crippen LogP contribution in [0.5, 0.6) is 5.75 Å². The van der Waals surface area contributed by atoms with Gasteiger partial charge < -0.3 is 14.5 Å². The molecule has 1 atom stereocenters. The molecule has 1 aromatic carbocycles. The second kappa shape index (κ2) is 7.37. The van der Waals surface area contributed by atoms with Crippen molar-refractivity contribution in [3.63, 3.8) is 0 Å². The monoisotopic (exact) mass is 270 g/mol. The molecule has 1 unspecified atom stereocenters. The van der Waals surface area contributed by atoms with E-state index in [1.54, 1.807) is 12.3 Å². The lowest BCUT2D eigenvalue weighted by Crippen LogP contribution is -2.13. The third-order valence-electron chi connectivity index (χ3n) is 3.03. The minimum Gasteiger partial charge on any atom is -0.481 e. The Morgan fingerprint density at radius 3 is 2.85 bits per heavy atom. The molecule has 2 aromatic rings. The van der Waals surface area contributed by atoms with Gasteiger partial charge in [-0.15, -0.1) is 0 Å². The van der Waals surface area contributed by atoms with Crippen LogP contribution in [0.4, 0.5) is 0 Å². The molecule has 4 nitrogen and oxygen atoms in total. The zero-order chi connectivity index (χ0) is 14.2. The van der Waals surface area contributed by atoms with E-state index in [0.29, 0.717) is 11.3 Å². The first-order valence-electron chi connectivity index (χ1n) is 6.69. The molecular formula is C16H18N2O2. The summed E-state index contributed by atoms with van der Waals surface area (Å²) < 4.78 is 11.4. The minimum atomic E-state index is -0.173. The van der Waals surface area contributed by atoms with Crippen molar-refractivity contribution in [1.29, 1.82) is 5.26 Å². The van der Waals surface area contributed by atoms with Gasteiger partial charge in [0.1, 0.15) is 17.6 Å². The predicted octanol–water partition coefficient (Wildman–Crippen LogP) is 3.27. The Morgan fingerprint density at radius 1 is 1.30 bits per heavy atom. The quantitative estimate of drug-likeness (QED) is 0.784. The van der Waals surface area contributed by atoms with Gasteiger partial charge >= 0.3 is 0 Å². The maximum Gasteiger partial charge on any atom is 0.156 e. The number of furan rings is 1. The summed E-state index contributed by atoms with van der Waals surface area (Å²) in [5, 5.41) is 12.2. The Bertz CT molecular complexity index is 558. The van der Waals surface area contributed by atoms with Crippen molar-refractivity contribution in [3.8, 4) is 11.8 Å². The Labute approximate surface area is 119 Å². The molecule has 4 heteroatoms. The highest BCUT2D eigenvalue weighted by Gasteiger charge is 2.17. The van der Waals surface area contributed by atoms with E-state index in [-0.39, 0.29) is 6.10 Å². The van der Waals surface area contributed by atoms with Crippen LogP contribution in [0.25, 0.3) is 0 Å². The fraction of sp³-hybridized carbons (Fsp3) is 0.312. The lowest BCUT2D eigenvalue weighted by atomic mass is 10.1. The Morgan fingerprint density at radius 2 is 2.15 bits per heavy atom. The number of benzene rings is 1. The van der Waals surface area contributed by atoms with Crippen molar-refractivity contribution >= 4 is 0 Å². The Balaban J connectivity index is 2.13. The van der Waals surface area contributed by atoms with E-state index in [1.807, 2.05) is 37.4 Å². The number of nitriles is 1. The number of rotatable bonds is 7. The Hall–Kier alpha value is -2.25. The van der Waals surface area contributed by atoms with Crippen LogP contribution in [0.2, 0.25) is 0 Å². The highest BCUT2D eigenvalue weighted by molar-refractivity contribution is 5.42. The topological polar surface area (TPSA) is 58.2 Å². The normalized spacial score (nSPS) is 11.8. The molecule has 2 rings (SSSR count). The van der Waals surface area contributed by atoms with E-state index in [2.05, 4.69) is 11.4 Å². The summed E-state index contributed by atoms with van der Waals surface area (Å²) in [5.41, 5.74) is 0.540. The van der Waals surface area contributed by atoms with Gasteiger partial charge in [0, 0.05) is 0 Å². The third kappa shape index (κ3) is 3.62. The maximum absolute atomic E-state index is 9.11. The molecule has 1 aromatic heterocycles. The van der Waals surface area contributed by atoms with Crippen LogP contribution in [-0.4, -0.2) is 13.6 Å². The lowest BCUT2D eigenvalue weighted by molar-refractivity contribution is 0.163. The van der Waals surface area contributed by atoms with Crippen LogP contribution in [0.1, 0.15) is 30.3 Å². The number of nitrogens with one attached hydrogen (secondary N) is 1. The molecule has 1 heterocycles. The van der Waals surface area contributed by atoms with Crippen LogP contribution in [0.15, 0.2) is 47.1 Å². The first kappa shape index (κ1) is 14.2. The van der Waals surface area contributed by atoms with Gasteiger partial charge in [-0.25, -0.2) is 0 Å². The fourth-order valence-corrected chi connectivity index (χ4v) is 2.01. The molecule has 0 aliphatic rings. The van der Waals surface area contributed by atoms with Gasteiger partial charge in [-0.3, -0.25) is 0 Å². The van der Waals surface area contributed by atoms with E-state index in [0.717, 1.165) is 25.1 Å². The summed E-state index contributed by atoms with van der Waals surface area (Å²) in [7, 11) is 1.92. The van der Waals surface area contributed by atoms with Crippen molar-refractivity contribution in [2.24, 2.45) is 0 Å². The van der Waals surface area contributed by atoms with Gasteiger partial charge in [-0.1, -0.05) is 12.1 Å². The SMILES string of the molecule is CNCCCC(Oc1ccccc1C#N)c1ccco1. The van der Waals surface area contributed by atoms with Crippen molar-refractivity contribution in [2.45, 2.75) is 18.9 Å². The molecule has 0 spiro atoms. The second-order valence-corrected chi connectivity index (χ2v) is 4.48.